The van der Waals surface area contributed by atoms with Gasteiger partial charge in [-0.1, -0.05) is 181 Å². The molecule has 0 aliphatic heterocycles. The topological polar surface area (TPSA) is 8.81 Å². The molecule has 0 unspecified atom stereocenters. The molecule has 0 atom stereocenters. The average Bonchev–Trinajstić information content (AvgIpc) is 3.37. The van der Waals surface area contributed by atoms with Crippen LogP contribution in [-0.2, 0) is 19.5 Å². The van der Waals surface area contributed by atoms with E-state index in [0.29, 0.717) is 0 Å². The number of aryl methyl sites for hydroxylation is 2. The maximum Gasteiger partial charge on any atom is 0.256 e. The second-order valence-corrected chi connectivity index (χ2v) is 13.4. The summed E-state index contributed by atoms with van der Waals surface area (Å²) in [7, 11) is 0. The Balaban J connectivity index is 2.19. The van der Waals surface area contributed by atoms with Gasteiger partial charge < -0.3 is 0 Å². The molecule has 242 valence electrons. The van der Waals surface area contributed by atoms with Crippen molar-refractivity contribution in [3.63, 3.8) is 0 Å². The SMILES string of the molecule is CCCCCCCCCCCCCCCCc1n(CCCCCCCCCCCCCC)cc[n+]1CCCCCC. The predicted octanol–water partition coefficient (Wildman–Crippen LogP) is 13.1. The number of unbranched alkanes of at least 4 members (excludes halogenated alkanes) is 27. The Morgan fingerprint density at radius 1 is 0.415 bits per heavy atom. The van der Waals surface area contributed by atoms with E-state index in [1.54, 1.807) is 5.82 Å². The minimum Gasteiger partial charge on any atom is -0.234 e. The molecule has 0 saturated carbocycles. The molecule has 1 heterocycles. The third-order valence-electron chi connectivity index (χ3n) is 9.35. The second-order valence-electron chi connectivity index (χ2n) is 13.4. The molecule has 0 amide bonds. The Morgan fingerprint density at radius 3 is 1.17 bits per heavy atom. The van der Waals surface area contributed by atoms with Gasteiger partial charge in [-0.2, -0.15) is 0 Å². The minimum atomic E-state index is 1.22. The number of imidazole rings is 1. The molecule has 0 aliphatic rings. The molecule has 1 aromatic heterocycles. The molecule has 0 bridgehead atoms. The van der Waals surface area contributed by atoms with Crippen molar-refractivity contribution in [2.75, 3.05) is 0 Å². The second kappa shape index (κ2) is 30.7. The Bertz CT molecular complexity index is 634. The predicted molar refractivity (Wildman–Crippen MR) is 184 cm³/mol. The van der Waals surface area contributed by atoms with E-state index in [1.165, 1.54) is 212 Å². The molecular weight excluding hydrogens is 496 g/mol. The van der Waals surface area contributed by atoms with Crippen LogP contribution in [0.3, 0.4) is 0 Å². The number of hydrogen-bond acceptors (Lipinski definition) is 0. The van der Waals surface area contributed by atoms with Crippen molar-refractivity contribution in [2.24, 2.45) is 0 Å². The van der Waals surface area contributed by atoms with Gasteiger partial charge in [0.2, 0.25) is 0 Å². The van der Waals surface area contributed by atoms with Gasteiger partial charge >= 0.3 is 0 Å². The van der Waals surface area contributed by atoms with Crippen molar-refractivity contribution in [3.8, 4) is 0 Å². The van der Waals surface area contributed by atoms with Crippen LogP contribution in [0, 0.1) is 0 Å². The van der Waals surface area contributed by atoms with Crippen LogP contribution in [0.15, 0.2) is 12.4 Å². The van der Waals surface area contributed by atoms with E-state index >= 15 is 0 Å². The molecule has 0 radical (unpaired) electrons. The molecule has 1 aromatic rings. The van der Waals surface area contributed by atoms with Gasteiger partial charge in [0.1, 0.15) is 12.4 Å². The molecule has 1 rings (SSSR count). The summed E-state index contributed by atoms with van der Waals surface area (Å²) in [6.45, 7) is 9.39. The van der Waals surface area contributed by atoms with Crippen LogP contribution in [0.25, 0.3) is 0 Å². The molecular formula is C39H77N2+. The zero-order valence-corrected chi connectivity index (χ0v) is 28.9. The van der Waals surface area contributed by atoms with E-state index in [-0.39, 0.29) is 0 Å². The van der Waals surface area contributed by atoms with E-state index in [2.05, 4.69) is 42.3 Å². The first-order valence-corrected chi connectivity index (χ1v) is 19.4. The molecule has 0 aliphatic carbocycles. The lowest BCUT2D eigenvalue weighted by molar-refractivity contribution is -0.704. The Kier molecular flexibility index (Phi) is 28.6. The van der Waals surface area contributed by atoms with Crippen molar-refractivity contribution in [1.29, 1.82) is 0 Å². The Morgan fingerprint density at radius 2 is 0.756 bits per heavy atom. The van der Waals surface area contributed by atoms with Crippen molar-refractivity contribution >= 4 is 0 Å². The van der Waals surface area contributed by atoms with Crippen molar-refractivity contribution in [3.05, 3.63) is 18.2 Å². The number of nitrogens with zero attached hydrogens (tertiary/aromatic N) is 2. The van der Waals surface area contributed by atoms with Gasteiger partial charge in [-0.15, -0.1) is 0 Å². The molecule has 0 N–H and O–H groups in total. The lowest BCUT2D eigenvalue weighted by atomic mass is 10.0. The van der Waals surface area contributed by atoms with Crippen LogP contribution in [0.4, 0.5) is 0 Å². The maximum absolute atomic E-state index is 2.62. The fraction of sp³-hybridized carbons (Fsp3) is 0.923. The van der Waals surface area contributed by atoms with Crippen LogP contribution < -0.4 is 4.57 Å². The molecule has 0 aromatic carbocycles. The van der Waals surface area contributed by atoms with Crippen LogP contribution in [0.2, 0.25) is 0 Å². The highest BCUT2D eigenvalue weighted by Gasteiger charge is 2.16. The molecule has 0 spiro atoms. The molecule has 0 saturated heterocycles. The van der Waals surface area contributed by atoms with E-state index < -0.39 is 0 Å². The fourth-order valence-corrected chi connectivity index (χ4v) is 6.50. The summed E-state index contributed by atoms with van der Waals surface area (Å²) >= 11 is 0. The highest BCUT2D eigenvalue weighted by Crippen LogP contribution is 2.15. The van der Waals surface area contributed by atoms with Gasteiger partial charge in [-0.05, 0) is 32.1 Å². The molecule has 2 nitrogen and oxygen atoms in total. The lowest BCUT2D eigenvalue weighted by Crippen LogP contribution is -2.37. The number of aromatic nitrogens is 2. The summed E-state index contributed by atoms with van der Waals surface area (Å²) in [4.78, 5) is 0. The molecule has 41 heavy (non-hydrogen) atoms. The van der Waals surface area contributed by atoms with Gasteiger partial charge in [-0.3, -0.25) is 0 Å². The maximum atomic E-state index is 2.62. The summed E-state index contributed by atoms with van der Waals surface area (Å²) in [5, 5.41) is 0. The first-order chi connectivity index (χ1) is 20.3. The van der Waals surface area contributed by atoms with E-state index in [1.807, 2.05) is 0 Å². The normalized spacial score (nSPS) is 11.6. The first kappa shape index (κ1) is 38.2. The Hall–Kier alpha value is -0.790. The van der Waals surface area contributed by atoms with E-state index in [9.17, 15) is 0 Å². The summed E-state index contributed by atoms with van der Waals surface area (Å²) in [5.74, 6) is 1.61. The monoisotopic (exact) mass is 574 g/mol. The third-order valence-corrected chi connectivity index (χ3v) is 9.35. The standard InChI is InChI=1S/C39H77N2/c1-4-7-10-13-15-17-19-21-22-23-25-27-29-31-34-39-40(35-32-12-9-6-3)37-38-41(39)36-33-30-28-26-24-20-18-16-14-11-8-5-2/h37-38H,4-36H2,1-3H3/q+1. The van der Waals surface area contributed by atoms with Gasteiger partial charge in [0, 0.05) is 6.42 Å². The summed E-state index contributed by atoms with van der Waals surface area (Å²) in [5.41, 5.74) is 0. The van der Waals surface area contributed by atoms with Crippen molar-refractivity contribution in [2.45, 2.75) is 233 Å². The first-order valence-electron chi connectivity index (χ1n) is 19.4. The highest BCUT2D eigenvalue weighted by molar-refractivity contribution is 4.84. The lowest BCUT2D eigenvalue weighted by Gasteiger charge is -2.07. The quantitative estimate of drug-likeness (QED) is 0.0584. The molecule has 2 heteroatoms. The van der Waals surface area contributed by atoms with Crippen molar-refractivity contribution in [1.82, 2.24) is 4.57 Å². The fourth-order valence-electron chi connectivity index (χ4n) is 6.50. The number of hydrogen-bond donors (Lipinski definition) is 0. The van der Waals surface area contributed by atoms with Crippen LogP contribution in [-0.4, -0.2) is 4.57 Å². The van der Waals surface area contributed by atoms with Gasteiger partial charge in [0.25, 0.3) is 5.82 Å². The molecule has 0 fully saturated rings. The summed E-state index contributed by atoms with van der Waals surface area (Å²) in [6.07, 6.45) is 48.9. The summed E-state index contributed by atoms with van der Waals surface area (Å²) in [6, 6.07) is 0. The zero-order chi connectivity index (χ0) is 29.5. The van der Waals surface area contributed by atoms with Gasteiger partial charge in [0.05, 0.1) is 13.1 Å². The zero-order valence-electron chi connectivity index (χ0n) is 28.9. The third kappa shape index (κ3) is 23.4. The smallest absolute Gasteiger partial charge is 0.234 e. The largest absolute Gasteiger partial charge is 0.256 e. The van der Waals surface area contributed by atoms with Crippen molar-refractivity contribution < 1.29 is 4.57 Å². The average molecular weight is 574 g/mol. The van der Waals surface area contributed by atoms with Gasteiger partial charge in [0.15, 0.2) is 0 Å². The van der Waals surface area contributed by atoms with Gasteiger partial charge in [-0.25, -0.2) is 9.13 Å². The minimum absolute atomic E-state index is 1.22. The summed E-state index contributed by atoms with van der Waals surface area (Å²) < 4.78 is 5.23. The Labute approximate surface area is 259 Å². The van der Waals surface area contributed by atoms with E-state index in [4.69, 9.17) is 0 Å². The highest BCUT2D eigenvalue weighted by atomic mass is 15.1. The number of rotatable bonds is 33. The van der Waals surface area contributed by atoms with Crippen LogP contribution in [0.1, 0.15) is 219 Å². The van der Waals surface area contributed by atoms with Crippen LogP contribution in [0.5, 0.6) is 0 Å². The van der Waals surface area contributed by atoms with Crippen LogP contribution >= 0.6 is 0 Å². The van der Waals surface area contributed by atoms with E-state index in [0.717, 1.165) is 0 Å².